The van der Waals surface area contributed by atoms with E-state index in [0.29, 0.717) is 0 Å². The van der Waals surface area contributed by atoms with Crippen LogP contribution >= 0.6 is 11.3 Å². The van der Waals surface area contributed by atoms with E-state index in [4.69, 9.17) is 5.11 Å². The lowest BCUT2D eigenvalue weighted by Crippen LogP contribution is -1.83. The molecule has 0 aliphatic carbocycles. The zero-order valence-corrected chi connectivity index (χ0v) is 7.87. The first kappa shape index (κ1) is 9.88. The van der Waals surface area contributed by atoms with E-state index in [0.717, 1.165) is 22.5 Å². The maximum absolute atomic E-state index is 10.3. The second-order valence-electron chi connectivity index (χ2n) is 2.62. The number of aliphatic hydroxyl groups excluding tert-OH is 1. The predicted octanol–water partition coefficient (Wildman–Crippen LogP) is 2.05. The Balaban J connectivity index is 2.86. The van der Waals surface area contributed by atoms with Crippen LogP contribution in [0.5, 0.6) is 0 Å². The molecule has 0 saturated carbocycles. The lowest BCUT2D eigenvalue weighted by Gasteiger charge is -1.90. The van der Waals surface area contributed by atoms with Gasteiger partial charge in [-0.15, -0.1) is 0 Å². The fraction of sp³-hybridized carbons (Fsp3) is 0.250. The summed E-state index contributed by atoms with van der Waals surface area (Å²) >= 11 is 1.08. The van der Waals surface area contributed by atoms with E-state index in [2.05, 4.69) is 0 Å². The Kier molecular flexibility index (Phi) is 3.16. The van der Waals surface area contributed by atoms with E-state index in [9.17, 15) is 10.1 Å². The van der Waals surface area contributed by atoms with Gasteiger partial charge in [-0.2, -0.15) is 0 Å². The van der Waals surface area contributed by atoms with Gasteiger partial charge in [-0.1, -0.05) is 17.4 Å². The van der Waals surface area contributed by atoms with E-state index in [1.165, 1.54) is 6.07 Å². The molecular formula is C8H9NO3S. The molecule has 0 radical (unpaired) electrons. The Labute approximate surface area is 79.3 Å². The maximum atomic E-state index is 10.3. The van der Waals surface area contributed by atoms with Crippen LogP contribution in [0.2, 0.25) is 0 Å². The highest BCUT2D eigenvalue weighted by Crippen LogP contribution is 2.23. The molecule has 1 aromatic rings. The number of hydrogen-bond acceptors (Lipinski definition) is 4. The Bertz CT molecular complexity index is 343. The normalized spacial score (nSPS) is 11.7. The van der Waals surface area contributed by atoms with Gasteiger partial charge in [-0.25, -0.2) is 0 Å². The van der Waals surface area contributed by atoms with Crippen LogP contribution in [-0.4, -0.2) is 16.6 Å². The lowest BCUT2D eigenvalue weighted by molar-refractivity contribution is -0.380. The molecule has 0 atom stereocenters. The van der Waals surface area contributed by atoms with Gasteiger partial charge in [0, 0.05) is 11.4 Å². The number of hydrogen-bond donors (Lipinski definition) is 1. The van der Waals surface area contributed by atoms with Crippen molar-refractivity contribution in [1.29, 1.82) is 0 Å². The number of nitro groups is 1. The molecule has 0 saturated heterocycles. The van der Waals surface area contributed by atoms with Crippen molar-refractivity contribution in [2.24, 2.45) is 0 Å². The predicted molar refractivity (Wildman–Crippen MR) is 51.7 cm³/mol. The van der Waals surface area contributed by atoms with Gasteiger partial charge in [0.25, 0.3) is 0 Å². The van der Waals surface area contributed by atoms with Gasteiger partial charge in [-0.05, 0) is 18.1 Å². The van der Waals surface area contributed by atoms with E-state index in [1.54, 1.807) is 18.4 Å². The molecule has 70 valence electrons. The summed E-state index contributed by atoms with van der Waals surface area (Å²) in [6.07, 6.45) is 1.73. The molecule has 0 fully saturated rings. The summed E-state index contributed by atoms with van der Waals surface area (Å²) < 4.78 is 0. The van der Waals surface area contributed by atoms with Crippen molar-refractivity contribution >= 4 is 22.4 Å². The van der Waals surface area contributed by atoms with Crippen LogP contribution in [0.1, 0.15) is 12.5 Å². The molecule has 0 amide bonds. The highest BCUT2D eigenvalue weighted by Gasteiger charge is 2.07. The van der Waals surface area contributed by atoms with Crippen LogP contribution in [0.25, 0.3) is 6.08 Å². The molecule has 0 bridgehead atoms. The van der Waals surface area contributed by atoms with Gasteiger partial charge in [-0.3, -0.25) is 10.1 Å². The van der Waals surface area contributed by atoms with Crippen molar-refractivity contribution in [2.45, 2.75) is 6.92 Å². The van der Waals surface area contributed by atoms with E-state index < -0.39 is 4.92 Å². The highest BCUT2D eigenvalue weighted by atomic mass is 32.1. The quantitative estimate of drug-likeness (QED) is 0.598. The molecule has 4 nitrogen and oxygen atoms in total. The third kappa shape index (κ3) is 2.64. The fourth-order valence-corrected chi connectivity index (χ4v) is 1.52. The van der Waals surface area contributed by atoms with Crippen molar-refractivity contribution in [3.05, 3.63) is 32.7 Å². The zero-order chi connectivity index (χ0) is 9.84. The zero-order valence-electron chi connectivity index (χ0n) is 7.06. The number of rotatable bonds is 3. The summed E-state index contributed by atoms with van der Waals surface area (Å²) in [5.41, 5.74) is 1.55. The van der Waals surface area contributed by atoms with Gasteiger partial charge >= 0.3 is 5.00 Å². The van der Waals surface area contributed by atoms with Crippen molar-refractivity contribution in [3.63, 3.8) is 0 Å². The minimum absolute atomic E-state index is 0.0242. The molecule has 5 heteroatoms. The van der Waals surface area contributed by atoms with Gasteiger partial charge in [0.15, 0.2) is 0 Å². The summed E-state index contributed by atoms with van der Waals surface area (Å²) in [6, 6.07) is 1.49. The minimum Gasteiger partial charge on any atom is -0.392 e. The fourth-order valence-electron chi connectivity index (χ4n) is 0.841. The monoisotopic (exact) mass is 199 g/mol. The molecule has 0 aliphatic rings. The molecular weight excluding hydrogens is 190 g/mol. The van der Waals surface area contributed by atoms with Gasteiger partial charge < -0.3 is 5.11 Å². The number of nitrogens with zero attached hydrogens (tertiary/aromatic N) is 1. The molecule has 1 heterocycles. The SMILES string of the molecule is CC(=Cc1csc([N+](=O)[O-])c1)CO. The average Bonchev–Trinajstić information content (AvgIpc) is 2.52. The van der Waals surface area contributed by atoms with Crippen LogP contribution in [0.3, 0.4) is 0 Å². The van der Waals surface area contributed by atoms with Crippen LogP contribution in [0, 0.1) is 10.1 Å². The van der Waals surface area contributed by atoms with E-state index in [-0.39, 0.29) is 11.6 Å². The highest BCUT2D eigenvalue weighted by molar-refractivity contribution is 7.13. The molecule has 0 spiro atoms. The first-order valence-electron chi connectivity index (χ1n) is 3.64. The third-order valence-electron chi connectivity index (χ3n) is 1.45. The average molecular weight is 199 g/mol. The molecule has 0 aromatic carbocycles. The molecule has 1 aromatic heterocycles. The molecule has 1 rings (SSSR count). The van der Waals surface area contributed by atoms with Crippen molar-refractivity contribution in [2.75, 3.05) is 6.61 Å². The van der Waals surface area contributed by atoms with Crippen LogP contribution < -0.4 is 0 Å². The lowest BCUT2D eigenvalue weighted by atomic mass is 10.2. The van der Waals surface area contributed by atoms with Gasteiger partial charge in [0.1, 0.15) is 0 Å². The van der Waals surface area contributed by atoms with Crippen molar-refractivity contribution < 1.29 is 10.0 Å². The van der Waals surface area contributed by atoms with E-state index in [1.807, 2.05) is 0 Å². The third-order valence-corrected chi connectivity index (χ3v) is 2.35. The van der Waals surface area contributed by atoms with Crippen LogP contribution in [0.15, 0.2) is 17.0 Å². The van der Waals surface area contributed by atoms with Crippen LogP contribution in [-0.2, 0) is 0 Å². The van der Waals surface area contributed by atoms with Crippen molar-refractivity contribution in [1.82, 2.24) is 0 Å². The minimum atomic E-state index is -0.420. The molecule has 0 aliphatic heterocycles. The number of thiophene rings is 1. The molecule has 0 unspecified atom stereocenters. The largest absolute Gasteiger partial charge is 0.392 e. The van der Waals surface area contributed by atoms with Crippen LogP contribution in [0.4, 0.5) is 5.00 Å². The standard InChI is InChI=1S/C8H9NO3S/c1-6(4-10)2-7-3-8(9(11)12)13-5-7/h2-3,5,10H,4H2,1H3. The van der Waals surface area contributed by atoms with Gasteiger partial charge in [0.05, 0.1) is 11.5 Å². The Morgan fingerprint density at radius 3 is 3.00 bits per heavy atom. The number of aliphatic hydroxyl groups is 1. The summed E-state index contributed by atoms with van der Waals surface area (Å²) in [5.74, 6) is 0. The Morgan fingerprint density at radius 1 is 1.85 bits per heavy atom. The second-order valence-corrected chi connectivity index (χ2v) is 3.51. The first-order chi connectivity index (χ1) is 6.13. The van der Waals surface area contributed by atoms with E-state index >= 15 is 0 Å². The molecule has 1 N–H and O–H groups in total. The Hall–Kier alpha value is -1.20. The van der Waals surface area contributed by atoms with Gasteiger partial charge in [0.2, 0.25) is 0 Å². The Morgan fingerprint density at radius 2 is 2.54 bits per heavy atom. The smallest absolute Gasteiger partial charge is 0.324 e. The first-order valence-corrected chi connectivity index (χ1v) is 4.52. The summed E-state index contributed by atoms with van der Waals surface area (Å²) in [6.45, 7) is 1.74. The topological polar surface area (TPSA) is 63.4 Å². The summed E-state index contributed by atoms with van der Waals surface area (Å²) in [7, 11) is 0. The second kappa shape index (κ2) is 4.15. The van der Waals surface area contributed by atoms with Crippen molar-refractivity contribution in [3.8, 4) is 0 Å². The maximum Gasteiger partial charge on any atom is 0.324 e. The summed E-state index contributed by atoms with van der Waals surface area (Å²) in [4.78, 5) is 9.90. The summed E-state index contributed by atoms with van der Waals surface area (Å²) in [5, 5.41) is 20.8. The molecule has 13 heavy (non-hydrogen) atoms.